The topological polar surface area (TPSA) is 138 Å². The lowest BCUT2D eigenvalue weighted by Gasteiger charge is -2.61. The van der Waals surface area contributed by atoms with Crippen molar-refractivity contribution in [2.45, 2.75) is 65.6 Å². The first-order valence-electron chi connectivity index (χ1n) is 16.6. The number of aromatic nitrogens is 2. The number of aliphatic imine (C=N–C) groups is 1. The van der Waals surface area contributed by atoms with Gasteiger partial charge < -0.3 is 21.3 Å². The number of aryl methyl sites for hydroxylation is 1. The summed E-state index contributed by atoms with van der Waals surface area (Å²) >= 11 is 12.5. The number of amides is 2. The van der Waals surface area contributed by atoms with Gasteiger partial charge in [0.15, 0.2) is 5.96 Å². The molecule has 2 aromatic carbocycles. The number of piperazine rings is 1. The largest absolute Gasteiger partial charge is 0.350 e. The molecule has 0 radical (unpaired) electrons. The van der Waals surface area contributed by atoms with E-state index >= 15 is 0 Å². The lowest BCUT2D eigenvalue weighted by Crippen LogP contribution is -2.58. The van der Waals surface area contributed by atoms with Crippen molar-refractivity contribution in [3.8, 4) is 0 Å². The number of hydrogen-bond donors (Lipinski definition) is 3. The second-order valence-corrected chi connectivity index (χ2v) is 15.0. The molecule has 256 valence electrons. The Morgan fingerprint density at radius 1 is 1.17 bits per heavy atom. The van der Waals surface area contributed by atoms with E-state index in [2.05, 4.69) is 31.4 Å². The number of likely N-dealkylation sites (N-methyl/N-ethyl adjacent to an activating group) is 1. The molecule has 2 amide bonds. The number of nitrogens with two attached hydrogens (primary N) is 1. The van der Waals surface area contributed by atoms with E-state index in [0.717, 1.165) is 12.0 Å². The van der Waals surface area contributed by atoms with Crippen LogP contribution in [0.5, 0.6) is 0 Å². The maximum Gasteiger partial charge on any atom is 0.262 e. The highest BCUT2D eigenvalue weighted by atomic mass is 35.5. The number of carbonyl (C=O) groups excluding carboxylic acids is 2. The average molecular weight is 696 g/mol. The van der Waals surface area contributed by atoms with Crippen LogP contribution in [0.25, 0.3) is 10.9 Å². The van der Waals surface area contributed by atoms with Crippen molar-refractivity contribution < 1.29 is 9.59 Å². The van der Waals surface area contributed by atoms with Crippen LogP contribution in [0.15, 0.2) is 46.2 Å². The minimum absolute atomic E-state index is 0.0352. The van der Waals surface area contributed by atoms with E-state index in [1.807, 2.05) is 24.0 Å². The van der Waals surface area contributed by atoms with Crippen LogP contribution in [0.2, 0.25) is 10.0 Å². The van der Waals surface area contributed by atoms with Crippen molar-refractivity contribution in [3.63, 3.8) is 0 Å². The molecule has 2 bridgehead atoms. The number of nitrogens with zero attached hydrogens (tertiary/aromatic N) is 5. The zero-order chi connectivity index (χ0) is 34.5. The molecule has 11 nitrogen and oxygen atoms in total. The van der Waals surface area contributed by atoms with Gasteiger partial charge in [-0.05, 0) is 85.3 Å². The predicted molar refractivity (Wildman–Crippen MR) is 192 cm³/mol. The second kappa shape index (κ2) is 13.3. The van der Waals surface area contributed by atoms with Crippen LogP contribution in [-0.4, -0.2) is 71.0 Å². The van der Waals surface area contributed by atoms with Crippen molar-refractivity contribution >= 4 is 63.5 Å². The molecular formula is C35H44Cl2N8O3. The lowest BCUT2D eigenvalue weighted by molar-refractivity contribution is -0.124. The molecule has 3 aromatic rings. The van der Waals surface area contributed by atoms with Crippen molar-refractivity contribution in [2.24, 2.45) is 33.9 Å². The summed E-state index contributed by atoms with van der Waals surface area (Å²) in [4.78, 5) is 52.7. The first kappa shape index (κ1) is 34.2. The van der Waals surface area contributed by atoms with Crippen LogP contribution in [0.4, 0.5) is 11.6 Å². The van der Waals surface area contributed by atoms with Gasteiger partial charge in [0.2, 0.25) is 17.8 Å². The van der Waals surface area contributed by atoms with Crippen LogP contribution >= 0.6 is 23.2 Å². The maximum atomic E-state index is 14.0. The highest BCUT2D eigenvalue weighted by Crippen LogP contribution is 2.61. The van der Waals surface area contributed by atoms with Crippen LogP contribution in [0, 0.1) is 23.2 Å². The van der Waals surface area contributed by atoms with Crippen LogP contribution in [-0.2, 0) is 22.6 Å². The third-order valence-electron chi connectivity index (χ3n) is 10.8. The summed E-state index contributed by atoms with van der Waals surface area (Å²) in [6.45, 7) is 9.81. The van der Waals surface area contributed by atoms with Gasteiger partial charge in [-0.25, -0.2) is 9.98 Å². The molecule has 3 aliphatic carbocycles. The first-order chi connectivity index (χ1) is 22.8. The molecule has 1 aromatic heterocycles. The Balaban J connectivity index is 1.36. The van der Waals surface area contributed by atoms with E-state index in [-0.39, 0.29) is 55.0 Å². The lowest BCUT2D eigenvalue weighted by atomic mass is 9.45. The highest BCUT2D eigenvalue weighted by Gasteiger charge is 2.56. The first-order valence-corrected chi connectivity index (χ1v) is 17.4. The average Bonchev–Trinajstić information content (AvgIpc) is 3.03. The molecule has 5 atom stereocenters. The molecule has 48 heavy (non-hydrogen) atoms. The molecule has 13 heteroatoms. The number of benzene rings is 2. The third-order valence-corrected chi connectivity index (χ3v) is 11.4. The summed E-state index contributed by atoms with van der Waals surface area (Å²) in [5, 5.41) is 7.90. The maximum absolute atomic E-state index is 14.0. The number of guanidine groups is 1. The highest BCUT2D eigenvalue weighted by molar-refractivity contribution is 6.35. The van der Waals surface area contributed by atoms with Crippen molar-refractivity contribution in [3.05, 3.63) is 62.4 Å². The minimum atomic E-state index is -0.386. The molecule has 0 spiro atoms. The number of hydrogen-bond acceptors (Lipinski definition) is 6. The van der Waals surface area contributed by atoms with E-state index in [4.69, 9.17) is 38.9 Å². The SMILES string of the molecule is C[C@@H]1[C@@H](N=C(Nc2ccc3c(=O)n(CCc4ccc(Cl)cc4Cl)c(N(C)C(=O)CN)nc3c2)N2CC(=O)N[C@@H](C)C2)C[C@@H]2C[C@H]1C2(C)C. The summed E-state index contributed by atoms with van der Waals surface area (Å²) in [7, 11) is 1.56. The Hall–Kier alpha value is -3.67. The summed E-state index contributed by atoms with van der Waals surface area (Å²) in [5.41, 5.74) is 7.63. The third kappa shape index (κ3) is 6.52. The number of rotatable bonds is 7. The molecule has 1 aliphatic heterocycles. The van der Waals surface area contributed by atoms with Gasteiger partial charge in [-0.2, -0.15) is 0 Å². The Kier molecular flexibility index (Phi) is 9.50. The van der Waals surface area contributed by atoms with E-state index in [9.17, 15) is 14.4 Å². The van der Waals surface area contributed by atoms with E-state index in [1.165, 1.54) is 15.9 Å². The summed E-state index contributed by atoms with van der Waals surface area (Å²) in [6, 6.07) is 10.7. The molecular weight excluding hydrogens is 651 g/mol. The van der Waals surface area contributed by atoms with Crippen LogP contribution in [0.1, 0.15) is 46.1 Å². The standard InChI is InChI=1S/C35H44Cl2N8O3/c1-19-17-44(18-30(46)39-19)33(41-28-13-22-12-26(20(28)2)35(22,3)4)40-24-8-9-25-29(15-24)42-34(43(5)31(47)16-38)45(32(25)48)11-10-21-6-7-23(36)14-27(21)37/h6-9,14-15,19-20,22,26,28H,10-13,16-18,38H2,1-5H3,(H,39,46)(H,40,41)/t19-,20-,22-,26+,28-/m0/s1. The predicted octanol–water partition coefficient (Wildman–Crippen LogP) is 4.53. The van der Waals surface area contributed by atoms with Crippen LogP contribution < -0.4 is 26.8 Å². The van der Waals surface area contributed by atoms with Gasteiger partial charge in [-0.15, -0.1) is 0 Å². The summed E-state index contributed by atoms with van der Waals surface area (Å²) in [6.07, 6.45) is 2.67. The monoisotopic (exact) mass is 694 g/mol. The number of fused-ring (bicyclic) bond motifs is 3. The Morgan fingerprint density at radius 2 is 1.94 bits per heavy atom. The van der Waals surface area contributed by atoms with Gasteiger partial charge in [0.1, 0.15) is 0 Å². The molecule has 7 rings (SSSR count). The molecule has 1 saturated heterocycles. The van der Waals surface area contributed by atoms with Gasteiger partial charge in [0.05, 0.1) is 30.0 Å². The number of carbonyl (C=O) groups is 2. The van der Waals surface area contributed by atoms with E-state index < -0.39 is 0 Å². The van der Waals surface area contributed by atoms with Crippen LogP contribution in [0.3, 0.4) is 0 Å². The van der Waals surface area contributed by atoms with Gasteiger partial charge in [-0.1, -0.05) is 50.0 Å². The second-order valence-electron chi connectivity index (χ2n) is 14.2. The Labute approximate surface area is 290 Å². The van der Waals surface area contributed by atoms with E-state index in [0.29, 0.717) is 68.7 Å². The summed E-state index contributed by atoms with van der Waals surface area (Å²) in [5.74, 6) is 2.03. The molecule has 3 saturated carbocycles. The summed E-state index contributed by atoms with van der Waals surface area (Å²) < 4.78 is 1.48. The number of halogens is 2. The quantitative estimate of drug-likeness (QED) is 0.244. The van der Waals surface area contributed by atoms with Gasteiger partial charge in [-0.3, -0.25) is 23.9 Å². The van der Waals surface area contributed by atoms with Crippen molar-refractivity contribution in [1.82, 2.24) is 19.8 Å². The molecule has 4 aliphatic rings. The Bertz CT molecular complexity index is 1840. The van der Waals surface area contributed by atoms with Crippen molar-refractivity contribution in [1.29, 1.82) is 0 Å². The normalized spacial score (nSPS) is 25.0. The number of nitrogens with one attached hydrogen (secondary N) is 2. The fourth-order valence-electron chi connectivity index (χ4n) is 7.82. The molecule has 2 heterocycles. The molecule has 4 fully saturated rings. The smallest absolute Gasteiger partial charge is 0.262 e. The van der Waals surface area contributed by atoms with Gasteiger partial charge in [0, 0.05) is 41.9 Å². The zero-order valence-corrected chi connectivity index (χ0v) is 29.6. The number of anilines is 2. The molecule has 4 N–H and O–H groups in total. The van der Waals surface area contributed by atoms with Gasteiger partial charge >= 0.3 is 0 Å². The minimum Gasteiger partial charge on any atom is -0.350 e. The van der Waals surface area contributed by atoms with Gasteiger partial charge in [0.25, 0.3) is 5.56 Å². The zero-order valence-electron chi connectivity index (χ0n) is 28.1. The molecule has 0 unspecified atom stereocenters. The fourth-order valence-corrected chi connectivity index (χ4v) is 8.32. The van der Waals surface area contributed by atoms with Crippen molar-refractivity contribution in [2.75, 3.05) is 36.9 Å². The Morgan fingerprint density at radius 3 is 2.60 bits per heavy atom. The van der Waals surface area contributed by atoms with E-state index in [1.54, 1.807) is 31.3 Å². The fraction of sp³-hybridized carbons (Fsp3) is 0.514.